The van der Waals surface area contributed by atoms with Gasteiger partial charge in [-0.3, -0.25) is 4.90 Å². The largest absolute Gasteiger partial charge is 0.439 e. The first-order chi connectivity index (χ1) is 21.1. The predicted molar refractivity (Wildman–Crippen MR) is 173 cm³/mol. The molecule has 0 atom stereocenters. The van der Waals surface area contributed by atoms with E-state index in [1.54, 1.807) is 0 Å². The topological polar surface area (TPSA) is 55.1 Å². The summed E-state index contributed by atoms with van der Waals surface area (Å²) in [7, 11) is 0. The van der Waals surface area contributed by atoms with Crippen LogP contribution in [0.25, 0.3) is 45.1 Å². The number of para-hydroxylation sites is 3. The Balaban J connectivity index is 1.45. The monoisotopic (exact) mass is 556 g/mol. The molecule has 0 N–H and O–H groups in total. The molecule has 7 aromatic rings. The number of anilines is 3. The van der Waals surface area contributed by atoms with Gasteiger partial charge in [-0.2, -0.15) is 0 Å². The van der Waals surface area contributed by atoms with Crippen LogP contribution in [0.2, 0.25) is 0 Å². The van der Waals surface area contributed by atoms with Gasteiger partial charge in [-0.1, -0.05) is 129 Å². The summed E-state index contributed by atoms with van der Waals surface area (Å²) in [5.41, 5.74) is 7.87. The maximum atomic E-state index is 6.79. The SMILES string of the molecule is CC1(C)c2ccccc2N(c2oc3ccccc3c2-c2nc(-c3ccccc3)nc(-c3ccccc3)n2)c2ccccc21. The zero-order chi connectivity index (χ0) is 29.0. The molecule has 206 valence electrons. The fraction of sp³-hybridized carbons (Fsp3) is 0.0789. The Morgan fingerprint density at radius 1 is 0.512 bits per heavy atom. The third kappa shape index (κ3) is 4.04. The molecule has 0 amide bonds. The molecule has 0 bridgehead atoms. The Kier molecular flexibility index (Phi) is 5.73. The van der Waals surface area contributed by atoms with E-state index in [1.165, 1.54) is 11.1 Å². The Bertz CT molecular complexity index is 2010. The summed E-state index contributed by atoms with van der Waals surface area (Å²) in [5.74, 6) is 2.47. The van der Waals surface area contributed by atoms with Crippen LogP contribution in [0.5, 0.6) is 0 Å². The van der Waals surface area contributed by atoms with E-state index in [0.29, 0.717) is 23.4 Å². The van der Waals surface area contributed by atoms with Crippen molar-refractivity contribution in [3.05, 3.63) is 145 Å². The molecule has 5 heteroatoms. The molecule has 3 heterocycles. The standard InChI is InChI=1S/C38H28N4O/c1-38(2)28-20-10-12-22-30(28)42(31-23-13-11-21-29(31)38)37-33(27-19-9-14-24-32(27)43-37)36-40-34(25-15-5-3-6-16-25)39-35(41-36)26-17-7-4-8-18-26/h3-24H,1-2H3. The summed E-state index contributed by atoms with van der Waals surface area (Å²) in [5, 5.41) is 0.946. The van der Waals surface area contributed by atoms with Crippen LogP contribution in [0.4, 0.5) is 17.3 Å². The van der Waals surface area contributed by atoms with Gasteiger partial charge in [-0.25, -0.2) is 15.0 Å². The molecule has 5 nitrogen and oxygen atoms in total. The third-order valence-corrected chi connectivity index (χ3v) is 8.34. The van der Waals surface area contributed by atoms with Gasteiger partial charge in [0.1, 0.15) is 5.58 Å². The minimum absolute atomic E-state index is 0.190. The van der Waals surface area contributed by atoms with Crippen LogP contribution in [0, 0.1) is 0 Å². The van der Waals surface area contributed by atoms with Crippen LogP contribution in [0.3, 0.4) is 0 Å². The predicted octanol–water partition coefficient (Wildman–Crippen LogP) is 9.73. The summed E-state index contributed by atoms with van der Waals surface area (Å²) in [6.07, 6.45) is 0. The first-order valence-corrected chi connectivity index (χ1v) is 14.5. The van der Waals surface area contributed by atoms with Crippen molar-refractivity contribution < 1.29 is 4.42 Å². The van der Waals surface area contributed by atoms with Gasteiger partial charge in [0.15, 0.2) is 17.5 Å². The molecule has 0 unspecified atom stereocenters. The number of hydrogen-bond donors (Lipinski definition) is 0. The highest BCUT2D eigenvalue weighted by Crippen LogP contribution is 2.54. The molecule has 0 saturated carbocycles. The Labute approximate surface area is 250 Å². The highest BCUT2D eigenvalue weighted by atomic mass is 16.4. The quantitative estimate of drug-likeness (QED) is 0.216. The fourth-order valence-corrected chi connectivity index (χ4v) is 6.21. The Hall–Kier alpha value is -5.55. The molecular weight excluding hydrogens is 528 g/mol. The van der Waals surface area contributed by atoms with Crippen molar-refractivity contribution in [3.63, 3.8) is 0 Å². The molecule has 0 radical (unpaired) electrons. The maximum absolute atomic E-state index is 6.79. The van der Waals surface area contributed by atoms with Gasteiger partial charge in [0.2, 0.25) is 5.88 Å². The molecule has 0 saturated heterocycles. The summed E-state index contributed by atoms with van der Waals surface area (Å²) < 4.78 is 6.79. The summed E-state index contributed by atoms with van der Waals surface area (Å²) in [4.78, 5) is 17.4. The van der Waals surface area contributed by atoms with Gasteiger partial charge in [0.05, 0.1) is 16.9 Å². The molecule has 1 aliphatic rings. The zero-order valence-corrected chi connectivity index (χ0v) is 23.9. The van der Waals surface area contributed by atoms with Crippen LogP contribution in [0.15, 0.2) is 138 Å². The second kappa shape index (κ2) is 9.78. The second-order valence-electron chi connectivity index (χ2n) is 11.3. The van der Waals surface area contributed by atoms with Gasteiger partial charge < -0.3 is 4.42 Å². The lowest BCUT2D eigenvalue weighted by Gasteiger charge is -2.41. The van der Waals surface area contributed by atoms with Crippen LogP contribution in [-0.4, -0.2) is 15.0 Å². The van der Waals surface area contributed by atoms with Crippen molar-refractivity contribution in [1.29, 1.82) is 0 Å². The highest BCUT2D eigenvalue weighted by molar-refractivity contribution is 6.02. The lowest BCUT2D eigenvalue weighted by molar-refractivity contribution is 0.600. The number of hydrogen-bond acceptors (Lipinski definition) is 5. The van der Waals surface area contributed by atoms with E-state index in [9.17, 15) is 0 Å². The van der Waals surface area contributed by atoms with E-state index < -0.39 is 0 Å². The average molecular weight is 557 g/mol. The van der Waals surface area contributed by atoms with E-state index in [2.05, 4.69) is 73.3 Å². The number of rotatable bonds is 4. The van der Waals surface area contributed by atoms with Gasteiger partial charge in [0.25, 0.3) is 0 Å². The van der Waals surface area contributed by atoms with Crippen molar-refractivity contribution in [3.8, 4) is 34.2 Å². The number of fused-ring (bicyclic) bond motifs is 3. The minimum atomic E-state index is -0.190. The third-order valence-electron chi connectivity index (χ3n) is 8.34. The van der Waals surface area contributed by atoms with Crippen LogP contribution in [-0.2, 0) is 5.41 Å². The number of benzene rings is 5. The zero-order valence-electron chi connectivity index (χ0n) is 23.9. The number of nitrogens with zero attached hydrogens (tertiary/aromatic N) is 4. The average Bonchev–Trinajstić information content (AvgIpc) is 3.45. The lowest BCUT2D eigenvalue weighted by atomic mass is 9.73. The van der Waals surface area contributed by atoms with Gasteiger partial charge in [-0.15, -0.1) is 0 Å². The first kappa shape index (κ1) is 25.2. The second-order valence-corrected chi connectivity index (χ2v) is 11.3. The Morgan fingerprint density at radius 2 is 0.977 bits per heavy atom. The van der Waals surface area contributed by atoms with E-state index in [1.807, 2.05) is 78.9 Å². The summed E-state index contributed by atoms with van der Waals surface area (Å²) >= 11 is 0. The summed E-state index contributed by atoms with van der Waals surface area (Å²) in [6.45, 7) is 4.57. The fourth-order valence-electron chi connectivity index (χ4n) is 6.21. The molecule has 0 fully saturated rings. The first-order valence-electron chi connectivity index (χ1n) is 14.5. The lowest BCUT2D eigenvalue weighted by Crippen LogP contribution is -2.30. The van der Waals surface area contributed by atoms with E-state index in [4.69, 9.17) is 19.4 Å². The summed E-state index contributed by atoms with van der Waals surface area (Å²) in [6, 6.07) is 45.4. The molecule has 0 aliphatic carbocycles. The molecule has 8 rings (SSSR count). The van der Waals surface area contributed by atoms with Gasteiger partial charge in [-0.05, 0) is 29.3 Å². The molecule has 5 aromatic carbocycles. The van der Waals surface area contributed by atoms with Gasteiger partial charge in [0, 0.05) is 21.9 Å². The van der Waals surface area contributed by atoms with E-state index >= 15 is 0 Å². The van der Waals surface area contributed by atoms with E-state index in [-0.39, 0.29) is 5.41 Å². The van der Waals surface area contributed by atoms with Crippen molar-refractivity contribution in [2.45, 2.75) is 19.3 Å². The van der Waals surface area contributed by atoms with Gasteiger partial charge >= 0.3 is 0 Å². The smallest absolute Gasteiger partial charge is 0.216 e. The van der Waals surface area contributed by atoms with Crippen LogP contribution in [0.1, 0.15) is 25.0 Å². The minimum Gasteiger partial charge on any atom is -0.439 e. The molecule has 2 aromatic heterocycles. The van der Waals surface area contributed by atoms with Crippen molar-refractivity contribution >= 4 is 28.2 Å². The van der Waals surface area contributed by atoms with Crippen molar-refractivity contribution in [2.24, 2.45) is 0 Å². The van der Waals surface area contributed by atoms with Crippen molar-refractivity contribution in [1.82, 2.24) is 15.0 Å². The Morgan fingerprint density at radius 3 is 1.56 bits per heavy atom. The highest BCUT2D eigenvalue weighted by Gasteiger charge is 2.39. The van der Waals surface area contributed by atoms with Crippen LogP contribution >= 0.6 is 0 Å². The molecule has 1 aliphatic heterocycles. The van der Waals surface area contributed by atoms with Crippen molar-refractivity contribution in [2.75, 3.05) is 4.90 Å². The molecule has 43 heavy (non-hydrogen) atoms. The number of furan rings is 1. The molecule has 0 spiro atoms. The maximum Gasteiger partial charge on any atom is 0.216 e. The molecular formula is C38H28N4O. The number of aromatic nitrogens is 3. The van der Waals surface area contributed by atoms with E-state index in [0.717, 1.165) is 39.0 Å². The van der Waals surface area contributed by atoms with Crippen LogP contribution < -0.4 is 4.90 Å². The normalized spacial score (nSPS) is 13.5.